The Balaban J connectivity index is 2.66. The standard InChI is InChI=1S/C12H11NO5/c1-7(14)8-4-3-5-9-11(8)18-12(16)13(9)6-10(15)17-2/h3-5H,6H2,1-2H3. The summed E-state index contributed by atoms with van der Waals surface area (Å²) >= 11 is 0. The highest BCUT2D eigenvalue weighted by atomic mass is 16.5. The fourth-order valence-electron chi connectivity index (χ4n) is 1.71. The molecule has 0 amide bonds. The van der Waals surface area contributed by atoms with Crippen LogP contribution in [-0.2, 0) is 16.1 Å². The van der Waals surface area contributed by atoms with Crippen molar-refractivity contribution in [3.05, 3.63) is 34.3 Å². The average molecular weight is 249 g/mol. The van der Waals surface area contributed by atoms with Crippen LogP contribution < -0.4 is 5.76 Å². The van der Waals surface area contributed by atoms with Crippen molar-refractivity contribution in [1.29, 1.82) is 0 Å². The number of oxazole rings is 1. The zero-order valence-corrected chi connectivity index (χ0v) is 9.93. The molecule has 1 aromatic carbocycles. The van der Waals surface area contributed by atoms with Gasteiger partial charge in [0.1, 0.15) is 6.54 Å². The monoisotopic (exact) mass is 249 g/mol. The van der Waals surface area contributed by atoms with Crippen molar-refractivity contribution < 1.29 is 18.7 Å². The van der Waals surface area contributed by atoms with Crippen LogP contribution in [0.2, 0.25) is 0 Å². The fraction of sp³-hybridized carbons (Fsp3) is 0.250. The fourth-order valence-corrected chi connectivity index (χ4v) is 1.71. The maximum absolute atomic E-state index is 11.6. The normalized spacial score (nSPS) is 10.6. The molecule has 2 rings (SSSR count). The van der Waals surface area contributed by atoms with Crippen LogP contribution in [0.15, 0.2) is 27.4 Å². The molecule has 6 heteroatoms. The first kappa shape index (κ1) is 12.1. The summed E-state index contributed by atoms with van der Waals surface area (Å²) in [4.78, 5) is 34.2. The lowest BCUT2D eigenvalue weighted by Gasteiger charge is -2.00. The number of carbonyl (C=O) groups excluding carboxylic acids is 2. The Morgan fingerprint density at radius 1 is 1.39 bits per heavy atom. The van der Waals surface area contributed by atoms with E-state index in [1.165, 1.54) is 14.0 Å². The molecule has 0 saturated carbocycles. The van der Waals surface area contributed by atoms with E-state index in [9.17, 15) is 14.4 Å². The number of rotatable bonds is 3. The lowest BCUT2D eigenvalue weighted by molar-refractivity contribution is -0.141. The van der Waals surface area contributed by atoms with Crippen molar-refractivity contribution in [2.24, 2.45) is 0 Å². The van der Waals surface area contributed by atoms with Crippen molar-refractivity contribution in [3.8, 4) is 0 Å². The molecule has 1 heterocycles. The van der Waals surface area contributed by atoms with Gasteiger partial charge in [-0.05, 0) is 19.1 Å². The smallest absolute Gasteiger partial charge is 0.420 e. The Bertz CT molecular complexity index is 679. The van der Waals surface area contributed by atoms with Gasteiger partial charge in [-0.2, -0.15) is 0 Å². The predicted molar refractivity (Wildman–Crippen MR) is 62.5 cm³/mol. The molecular formula is C12H11NO5. The van der Waals surface area contributed by atoms with Crippen LogP contribution in [0.5, 0.6) is 0 Å². The number of aromatic nitrogens is 1. The maximum Gasteiger partial charge on any atom is 0.420 e. The van der Waals surface area contributed by atoms with E-state index in [4.69, 9.17) is 4.42 Å². The molecule has 0 aliphatic carbocycles. The van der Waals surface area contributed by atoms with Gasteiger partial charge in [0.15, 0.2) is 11.4 Å². The van der Waals surface area contributed by atoms with Gasteiger partial charge in [-0.15, -0.1) is 0 Å². The molecule has 0 radical (unpaired) electrons. The van der Waals surface area contributed by atoms with Crippen molar-refractivity contribution in [3.63, 3.8) is 0 Å². The first-order chi connectivity index (χ1) is 8.54. The van der Waals surface area contributed by atoms with Crippen LogP contribution in [0.4, 0.5) is 0 Å². The number of benzene rings is 1. The van der Waals surface area contributed by atoms with Gasteiger partial charge in [0, 0.05) is 0 Å². The van der Waals surface area contributed by atoms with Crippen LogP contribution in [0.1, 0.15) is 17.3 Å². The van der Waals surface area contributed by atoms with Crippen molar-refractivity contribution >= 4 is 22.9 Å². The minimum Gasteiger partial charge on any atom is -0.468 e. The zero-order valence-electron chi connectivity index (χ0n) is 9.93. The largest absolute Gasteiger partial charge is 0.468 e. The summed E-state index contributed by atoms with van der Waals surface area (Å²) in [6, 6.07) is 4.80. The van der Waals surface area contributed by atoms with Gasteiger partial charge in [0.2, 0.25) is 0 Å². The average Bonchev–Trinajstić information content (AvgIpc) is 2.65. The Morgan fingerprint density at radius 2 is 2.11 bits per heavy atom. The van der Waals surface area contributed by atoms with Gasteiger partial charge in [-0.3, -0.25) is 14.2 Å². The number of nitrogens with zero attached hydrogens (tertiary/aromatic N) is 1. The molecular weight excluding hydrogens is 238 g/mol. The second-order valence-electron chi connectivity index (χ2n) is 3.74. The second-order valence-corrected chi connectivity index (χ2v) is 3.74. The van der Waals surface area contributed by atoms with Crippen molar-refractivity contribution in [2.75, 3.05) is 7.11 Å². The number of esters is 1. The number of hydrogen-bond acceptors (Lipinski definition) is 5. The summed E-state index contributed by atoms with van der Waals surface area (Å²) in [5.74, 6) is -1.46. The minimum atomic E-state index is -0.691. The minimum absolute atomic E-state index is 0.193. The third kappa shape index (κ3) is 1.92. The zero-order chi connectivity index (χ0) is 13.3. The number of carbonyl (C=O) groups is 2. The molecule has 0 atom stereocenters. The summed E-state index contributed by atoms with van der Waals surface area (Å²) in [7, 11) is 1.23. The van der Waals surface area contributed by atoms with Gasteiger partial charge in [0.25, 0.3) is 0 Å². The van der Waals surface area contributed by atoms with E-state index >= 15 is 0 Å². The molecule has 94 valence electrons. The summed E-state index contributed by atoms with van der Waals surface area (Å²) in [6.07, 6.45) is 0. The van der Waals surface area contributed by atoms with E-state index in [1.807, 2.05) is 0 Å². The molecule has 0 aliphatic heterocycles. The van der Waals surface area contributed by atoms with Gasteiger partial charge in [-0.1, -0.05) is 6.07 Å². The number of para-hydroxylation sites is 1. The van der Waals surface area contributed by atoms with Gasteiger partial charge < -0.3 is 9.15 Å². The number of ketones is 1. The van der Waals surface area contributed by atoms with Crippen molar-refractivity contribution in [2.45, 2.75) is 13.5 Å². The van der Waals surface area contributed by atoms with Gasteiger partial charge >= 0.3 is 11.7 Å². The first-order valence-corrected chi connectivity index (χ1v) is 5.24. The summed E-state index contributed by atoms with van der Waals surface area (Å²) in [6.45, 7) is 1.14. The van der Waals surface area contributed by atoms with E-state index in [2.05, 4.69) is 4.74 Å². The Morgan fingerprint density at radius 3 is 2.72 bits per heavy atom. The Labute approximate surface area is 102 Å². The molecule has 18 heavy (non-hydrogen) atoms. The molecule has 0 saturated heterocycles. The quantitative estimate of drug-likeness (QED) is 0.598. The van der Waals surface area contributed by atoms with Crippen LogP contribution in [0.25, 0.3) is 11.1 Å². The second kappa shape index (κ2) is 4.48. The van der Waals surface area contributed by atoms with Crippen LogP contribution in [0.3, 0.4) is 0 Å². The van der Waals surface area contributed by atoms with Gasteiger partial charge in [0.05, 0.1) is 18.2 Å². The molecule has 6 nitrogen and oxygen atoms in total. The molecule has 0 aliphatic rings. The Hall–Kier alpha value is -2.37. The third-order valence-corrected chi connectivity index (χ3v) is 2.59. The third-order valence-electron chi connectivity index (χ3n) is 2.59. The number of hydrogen-bond donors (Lipinski definition) is 0. The van der Waals surface area contributed by atoms with E-state index in [-0.39, 0.29) is 17.9 Å². The highest BCUT2D eigenvalue weighted by Gasteiger charge is 2.16. The number of ether oxygens (including phenoxy) is 1. The summed E-state index contributed by atoms with van der Waals surface area (Å²) in [5.41, 5.74) is 0.908. The molecule has 1 aromatic heterocycles. The first-order valence-electron chi connectivity index (χ1n) is 5.24. The van der Waals surface area contributed by atoms with Crippen molar-refractivity contribution in [1.82, 2.24) is 4.57 Å². The predicted octanol–water partition coefficient (Wildman–Crippen LogP) is 0.970. The summed E-state index contributed by atoms with van der Waals surface area (Å²) in [5, 5.41) is 0. The molecule has 0 unspecified atom stereocenters. The SMILES string of the molecule is COC(=O)Cn1c(=O)oc2c(C(C)=O)cccc21. The van der Waals surface area contributed by atoms with Gasteiger partial charge in [-0.25, -0.2) is 4.79 Å². The number of fused-ring (bicyclic) bond motifs is 1. The van der Waals surface area contributed by atoms with E-state index < -0.39 is 11.7 Å². The van der Waals surface area contributed by atoms with E-state index in [1.54, 1.807) is 18.2 Å². The molecule has 0 spiro atoms. The molecule has 2 aromatic rings. The van der Waals surface area contributed by atoms with Crippen LogP contribution in [-0.4, -0.2) is 23.4 Å². The highest BCUT2D eigenvalue weighted by Crippen LogP contribution is 2.18. The lowest BCUT2D eigenvalue weighted by atomic mass is 10.1. The molecule has 0 bridgehead atoms. The lowest BCUT2D eigenvalue weighted by Crippen LogP contribution is -2.20. The number of methoxy groups -OCH3 is 1. The highest BCUT2D eigenvalue weighted by molar-refractivity contribution is 6.04. The Kier molecular flexibility index (Phi) is 3.01. The molecule has 0 N–H and O–H groups in total. The summed E-state index contributed by atoms with van der Waals surface area (Å²) < 4.78 is 10.6. The van der Waals surface area contributed by atoms with E-state index in [0.717, 1.165) is 4.57 Å². The topological polar surface area (TPSA) is 78.5 Å². The molecule has 0 fully saturated rings. The van der Waals surface area contributed by atoms with Crippen LogP contribution in [0, 0.1) is 0 Å². The maximum atomic E-state index is 11.6. The van der Waals surface area contributed by atoms with Crippen LogP contribution >= 0.6 is 0 Å². The number of Topliss-reactive ketones (excluding diaryl/α,β-unsaturated/α-hetero) is 1. The van der Waals surface area contributed by atoms with E-state index in [0.29, 0.717) is 11.1 Å².